The highest BCUT2D eigenvalue weighted by Crippen LogP contribution is 2.05. The predicted octanol–water partition coefficient (Wildman–Crippen LogP) is 1.79. The van der Waals surface area contributed by atoms with Crippen molar-refractivity contribution in [2.45, 2.75) is 0 Å². The lowest BCUT2D eigenvalue weighted by atomic mass is 10.2. The van der Waals surface area contributed by atoms with Gasteiger partial charge in [-0.1, -0.05) is 0 Å². The lowest BCUT2D eigenvalue weighted by molar-refractivity contribution is 0.0696. The van der Waals surface area contributed by atoms with Crippen LogP contribution in [0.15, 0.2) is 18.2 Å². The van der Waals surface area contributed by atoms with E-state index < -0.39 is 5.97 Å². The van der Waals surface area contributed by atoms with Gasteiger partial charge in [0, 0.05) is 3.57 Å². The van der Waals surface area contributed by atoms with Gasteiger partial charge in [0.25, 0.3) is 0 Å². The van der Waals surface area contributed by atoms with Crippen molar-refractivity contribution in [3.05, 3.63) is 33.4 Å². The van der Waals surface area contributed by atoms with Crippen LogP contribution in [0.4, 0.5) is 0 Å². The van der Waals surface area contributed by atoms with Crippen LogP contribution in [0.25, 0.3) is 0 Å². The normalized spacial score (nSPS) is 9.30. The van der Waals surface area contributed by atoms with Crippen molar-refractivity contribution in [2.75, 3.05) is 0 Å². The van der Waals surface area contributed by atoms with Crippen LogP contribution in [0.5, 0.6) is 0 Å². The molecule has 0 heterocycles. The monoisotopic (exact) mass is 247 g/mol. The summed E-state index contributed by atoms with van der Waals surface area (Å²) in [6, 6.07) is 7.54. The predicted molar refractivity (Wildman–Crippen MR) is 45.0 cm³/mol. The van der Waals surface area contributed by atoms with Crippen LogP contribution in [-0.2, 0) is 0 Å². The number of aromatic carboxylic acids is 1. The standard InChI is InChI=1S/C7H4IO2/c8-6-3-1-5(2-4-6)7(9)10/h1,3-4H,(H,9,10). The smallest absolute Gasteiger partial charge is 0.336 e. The highest BCUT2D eigenvalue weighted by molar-refractivity contribution is 14.1. The number of carbonyl (C=O) groups is 1. The lowest BCUT2D eigenvalue weighted by Crippen LogP contribution is -1.95. The molecular formula is C7H4IO2. The first-order valence-electron chi connectivity index (χ1n) is 2.60. The van der Waals surface area contributed by atoms with E-state index in [2.05, 4.69) is 28.7 Å². The Balaban J connectivity index is 3.00. The van der Waals surface area contributed by atoms with Gasteiger partial charge in [-0.25, -0.2) is 4.79 Å². The fourth-order valence-electron chi connectivity index (χ4n) is 0.539. The highest BCUT2D eigenvalue weighted by Gasteiger charge is 1.99. The summed E-state index contributed by atoms with van der Waals surface area (Å²) >= 11 is 2.10. The molecule has 51 valence electrons. The Kier molecular flexibility index (Phi) is 2.26. The first-order valence-corrected chi connectivity index (χ1v) is 3.68. The van der Waals surface area contributed by atoms with Gasteiger partial charge >= 0.3 is 5.97 Å². The third kappa shape index (κ3) is 1.70. The van der Waals surface area contributed by atoms with E-state index in [1.807, 2.05) is 0 Å². The highest BCUT2D eigenvalue weighted by atomic mass is 127. The average molecular weight is 247 g/mol. The zero-order chi connectivity index (χ0) is 7.56. The van der Waals surface area contributed by atoms with Gasteiger partial charge in [0.1, 0.15) is 0 Å². The second-order valence-electron chi connectivity index (χ2n) is 1.73. The van der Waals surface area contributed by atoms with Crippen molar-refractivity contribution in [3.63, 3.8) is 0 Å². The molecule has 0 aromatic heterocycles. The maximum absolute atomic E-state index is 10.3. The molecule has 1 N–H and O–H groups in total. The number of carboxylic acid groups (broad SMARTS) is 1. The molecule has 0 unspecified atom stereocenters. The molecule has 0 aliphatic rings. The van der Waals surface area contributed by atoms with Crippen molar-refractivity contribution in [1.82, 2.24) is 0 Å². The summed E-state index contributed by atoms with van der Waals surface area (Å²) in [4.78, 5) is 10.3. The molecule has 1 aromatic rings. The van der Waals surface area contributed by atoms with Crippen LogP contribution in [0.2, 0.25) is 0 Å². The minimum Gasteiger partial charge on any atom is -0.478 e. The van der Waals surface area contributed by atoms with Crippen LogP contribution in [0.3, 0.4) is 0 Å². The van der Waals surface area contributed by atoms with E-state index in [-0.39, 0.29) is 5.56 Å². The second kappa shape index (κ2) is 3.01. The van der Waals surface area contributed by atoms with E-state index in [0.717, 1.165) is 3.57 Å². The molecule has 1 radical (unpaired) electrons. The molecule has 2 nitrogen and oxygen atoms in total. The Labute approximate surface area is 72.0 Å². The van der Waals surface area contributed by atoms with E-state index in [1.54, 1.807) is 12.1 Å². The summed E-state index contributed by atoms with van der Waals surface area (Å²) in [5.74, 6) is -0.934. The molecule has 0 aliphatic heterocycles. The van der Waals surface area contributed by atoms with E-state index >= 15 is 0 Å². The number of hydrogen-bond donors (Lipinski definition) is 1. The summed E-state index contributed by atoms with van der Waals surface area (Å²) in [7, 11) is 0. The Morgan fingerprint density at radius 3 is 2.70 bits per heavy atom. The maximum atomic E-state index is 10.3. The number of hydrogen-bond acceptors (Lipinski definition) is 1. The third-order valence-corrected chi connectivity index (χ3v) is 1.68. The van der Waals surface area contributed by atoms with Gasteiger partial charge in [-0.05, 0) is 46.9 Å². The van der Waals surface area contributed by atoms with Crippen molar-refractivity contribution in [3.8, 4) is 0 Å². The molecule has 0 bridgehead atoms. The quantitative estimate of drug-likeness (QED) is 0.768. The largest absolute Gasteiger partial charge is 0.478 e. The topological polar surface area (TPSA) is 37.3 Å². The average Bonchev–Trinajstić information content (AvgIpc) is 1.88. The van der Waals surface area contributed by atoms with Gasteiger partial charge in [-0.2, -0.15) is 0 Å². The Morgan fingerprint density at radius 1 is 1.60 bits per heavy atom. The van der Waals surface area contributed by atoms with Crippen LogP contribution in [0, 0.1) is 9.64 Å². The van der Waals surface area contributed by atoms with Gasteiger partial charge in [0.15, 0.2) is 0 Å². The number of carboxylic acids is 1. The first kappa shape index (κ1) is 7.53. The summed E-state index contributed by atoms with van der Waals surface area (Å²) in [5, 5.41) is 8.44. The van der Waals surface area contributed by atoms with Gasteiger partial charge in [0.05, 0.1) is 5.56 Å². The molecule has 10 heavy (non-hydrogen) atoms. The number of halogens is 1. The van der Waals surface area contributed by atoms with Crippen LogP contribution in [-0.4, -0.2) is 11.1 Å². The second-order valence-corrected chi connectivity index (χ2v) is 2.97. The minimum atomic E-state index is -0.934. The molecule has 1 rings (SSSR count). The van der Waals surface area contributed by atoms with Crippen LogP contribution >= 0.6 is 22.6 Å². The number of rotatable bonds is 1. The molecule has 0 fully saturated rings. The zero-order valence-electron chi connectivity index (χ0n) is 4.97. The summed E-state index contributed by atoms with van der Waals surface area (Å²) in [6.45, 7) is 0. The molecule has 0 saturated carbocycles. The summed E-state index contributed by atoms with van der Waals surface area (Å²) < 4.78 is 0.989. The molecule has 0 amide bonds. The fraction of sp³-hybridized carbons (Fsp3) is 0. The van der Waals surface area contributed by atoms with Gasteiger partial charge < -0.3 is 5.11 Å². The van der Waals surface area contributed by atoms with Gasteiger partial charge in [-0.3, -0.25) is 0 Å². The van der Waals surface area contributed by atoms with E-state index in [4.69, 9.17) is 5.11 Å². The zero-order valence-corrected chi connectivity index (χ0v) is 7.12. The minimum absolute atomic E-state index is 0.209. The first-order chi connectivity index (χ1) is 4.70. The van der Waals surface area contributed by atoms with Crippen molar-refractivity contribution < 1.29 is 9.90 Å². The van der Waals surface area contributed by atoms with Gasteiger partial charge in [0.2, 0.25) is 0 Å². The van der Waals surface area contributed by atoms with Crippen molar-refractivity contribution >= 4 is 28.6 Å². The Morgan fingerprint density at radius 2 is 2.30 bits per heavy atom. The Hall–Kier alpha value is -0.580. The fourth-order valence-corrected chi connectivity index (χ4v) is 0.874. The van der Waals surface area contributed by atoms with E-state index in [0.29, 0.717) is 0 Å². The van der Waals surface area contributed by atoms with Crippen molar-refractivity contribution in [2.24, 2.45) is 0 Å². The molecule has 0 aliphatic carbocycles. The van der Waals surface area contributed by atoms with Crippen molar-refractivity contribution in [1.29, 1.82) is 0 Å². The summed E-state index contributed by atoms with van der Waals surface area (Å²) in [6.07, 6.45) is 0. The van der Waals surface area contributed by atoms with Crippen LogP contribution in [0.1, 0.15) is 10.4 Å². The van der Waals surface area contributed by atoms with E-state index in [1.165, 1.54) is 6.07 Å². The molecule has 1 aromatic carbocycles. The summed E-state index contributed by atoms with van der Waals surface area (Å²) in [5.41, 5.74) is 0.209. The molecule has 0 atom stereocenters. The van der Waals surface area contributed by atoms with E-state index in [9.17, 15) is 4.79 Å². The van der Waals surface area contributed by atoms with Crippen LogP contribution < -0.4 is 0 Å². The van der Waals surface area contributed by atoms with Gasteiger partial charge in [-0.15, -0.1) is 0 Å². The number of benzene rings is 1. The maximum Gasteiger partial charge on any atom is 0.336 e. The lowest BCUT2D eigenvalue weighted by Gasteiger charge is -1.91. The molecular weight excluding hydrogens is 243 g/mol. The molecule has 0 spiro atoms. The third-order valence-electron chi connectivity index (χ3n) is 1.01. The molecule has 0 saturated heterocycles. The SMILES string of the molecule is O=C(O)c1[c]cc(I)cc1. The molecule has 3 heteroatoms. The Bertz CT molecular complexity index is 240.